The monoisotopic (exact) mass is 352 g/mol. The quantitative estimate of drug-likeness (QED) is 0.920. The zero-order valence-corrected chi connectivity index (χ0v) is 13.3. The van der Waals surface area contributed by atoms with Crippen LogP contribution in [-0.2, 0) is 14.8 Å². The van der Waals surface area contributed by atoms with Crippen LogP contribution in [0.25, 0.3) is 0 Å². The van der Waals surface area contributed by atoms with Gasteiger partial charge in [0.15, 0.2) is 11.6 Å². The average Bonchev–Trinajstić information content (AvgIpc) is 2.96. The number of hydrogen-bond donors (Lipinski definition) is 1. The van der Waals surface area contributed by atoms with E-state index in [0.29, 0.717) is 31.1 Å². The maximum atomic E-state index is 13.3. The highest BCUT2D eigenvalue weighted by molar-refractivity contribution is 7.92. The van der Waals surface area contributed by atoms with E-state index in [1.165, 1.54) is 11.0 Å². The number of hydrogen-bond acceptors (Lipinski definition) is 3. The van der Waals surface area contributed by atoms with Gasteiger partial charge in [-0.2, -0.15) is 0 Å². The maximum absolute atomic E-state index is 13.3. The average molecular weight is 352 g/mol. The molecular formula is C16H14F2N2O3S. The number of sulfonamides is 1. The van der Waals surface area contributed by atoms with Crippen LogP contribution in [0, 0.1) is 11.6 Å². The van der Waals surface area contributed by atoms with Crippen LogP contribution in [-0.4, -0.2) is 20.9 Å². The largest absolute Gasteiger partial charge is 0.310 e. The molecule has 1 amide bonds. The number of carbonyl (C=O) groups excluding carboxylic acids is 1. The van der Waals surface area contributed by atoms with Gasteiger partial charge in [-0.15, -0.1) is 0 Å². The molecule has 1 aliphatic heterocycles. The Balaban J connectivity index is 1.96. The lowest BCUT2D eigenvalue weighted by molar-refractivity contribution is -0.117. The number of rotatable bonds is 4. The molecule has 1 N–H and O–H groups in total. The van der Waals surface area contributed by atoms with Gasteiger partial charge >= 0.3 is 0 Å². The number of benzene rings is 2. The first-order chi connectivity index (χ1) is 11.4. The third-order valence-corrected chi connectivity index (χ3v) is 5.08. The van der Waals surface area contributed by atoms with Crippen molar-refractivity contribution in [2.24, 2.45) is 0 Å². The van der Waals surface area contributed by atoms with Gasteiger partial charge in [0.05, 0.1) is 16.3 Å². The van der Waals surface area contributed by atoms with Crippen molar-refractivity contribution in [2.75, 3.05) is 16.2 Å². The van der Waals surface area contributed by atoms with E-state index in [4.69, 9.17) is 0 Å². The SMILES string of the molecule is O=C1CCCN1c1ccccc1NS(=O)(=O)c1ccc(F)c(F)c1. The summed E-state index contributed by atoms with van der Waals surface area (Å²) < 4.78 is 53.5. The first-order valence-electron chi connectivity index (χ1n) is 7.26. The molecule has 0 aromatic heterocycles. The lowest BCUT2D eigenvalue weighted by atomic mass is 10.2. The summed E-state index contributed by atoms with van der Waals surface area (Å²) in [5.41, 5.74) is 0.642. The van der Waals surface area contributed by atoms with Crippen LogP contribution in [0.4, 0.5) is 20.2 Å². The van der Waals surface area contributed by atoms with E-state index in [9.17, 15) is 22.0 Å². The number of anilines is 2. The highest BCUT2D eigenvalue weighted by Gasteiger charge is 2.25. The number of amides is 1. The van der Waals surface area contributed by atoms with Crippen LogP contribution >= 0.6 is 0 Å². The molecule has 1 saturated heterocycles. The topological polar surface area (TPSA) is 66.5 Å². The summed E-state index contributed by atoms with van der Waals surface area (Å²) in [4.78, 5) is 13.0. The van der Waals surface area contributed by atoms with Crippen LogP contribution in [0.3, 0.4) is 0 Å². The van der Waals surface area contributed by atoms with Crippen molar-refractivity contribution in [2.45, 2.75) is 17.7 Å². The number of para-hydroxylation sites is 2. The molecule has 1 fully saturated rings. The molecule has 24 heavy (non-hydrogen) atoms. The highest BCUT2D eigenvalue weighted by atomic mass is 32.2. The molecule has 2 aromatic rings. The van der Waals surface area contributed by atoms with E-state index in [-0.39, 0.29) is 11.6 Å². The Bertz CT molecular complexity index is 900. The van der Waals surface area contributed by atoms with Crippen molar-refractivity contribution < 1.29 is 22.0 Å². The predicted molar refractivity (Wildman–Crippen MR) is 85.2 cm³/mol. The van der Waals surface area contributed by atoms with Crippen molar-refractivity contribution in [3.63, 3.8) is 0 Å². The Hall–Kier alpha value is -2.48. The van der Waals surface area contributed by atoms with Gasteiger partial charge in [0.25, 0.3) is 10.0 Å². The molecule has 0 aliphatic carbocycles. The fourth-order valence-electron chi connectivity index (χ4n) is 2.55. The molecule has 0 bridgehead atoms. The minimum Gasteiger partial charge on any atom is -0.310 e. The third kappa shape index (κ3) is 3.09. The molecule has 1 heterocycles. The highest BCUT2D eigenvalue weighted by Crippen LogP contribution is 2.31. The number of nitrogens with zero attached hydrogens (tertiary/aromatic N) is 1. The summed E-state index contributed by atoms with van der Waals surface area (Å²) in [5, 5.41) is 0. The third-order valence-electron chi connectivity index (χ3n) is 3.71. The molecule has 126 valence electrons. The van der Waals surface area contributed by atoms with Crippen molar-refractivity contribution in [1.82, 2.24) is 0 Å². The zero-order chi connectivity index (χ0) is 17.3. The predicted octanol–water partition coefficient (Wildman–Crippen LogP) is 2.89. The molecule has 0 saturated carbocycles. The molecule has 3 rings (SSSR count). The van der Waals surface area contributed by atoms with Crippen molar-refractivity contribution >= 4 is 27.3 Å². The standard InChI is InChI=1S/C16H14F2N2O3S/c17-12-8-7-11(10-13(12)18)24(22,23)19-14-4-1-2-5-15(14)20-9-3-6-16(20)21/h1-2,4-5,7-8,10,19H,3,6,9H2. The number of carbonyl (C=O) groups is 1. The van der Waals surface area contributed by atoms with E-state index in [1.807, 2.05) is 0 Å². The van der Waals surface area contributed by atoms with E-state index in [1.54, 1.807) is 18.2 Å². The second-order valence-electron chi connectivity index (χ2n) is 5.35. The van der Waals surface area contributed by atoms with Gasteiger partial charge in [-0.25, -0.2) is 17.2 Å². The molecule has 8 heteroatoms. The summed E-state index contributed by atoms with van der Waals surface area (Å²) in [6.45, 7) is 0.503. The molecular weight excluding hydrogens is 338 g/mol. The fourth-order valence-corrected chi connectivity index (χ4v) is 3.63. The molecule has 0 atom stereocenters. The number of halogens is 2. The lowest BCUT2D eigenvalue weighted by Crippen LogP contribution is -2.25. The first kappa shape index (κ1) is 16.4. The summed E-state index contributed by atoms with van der Waals surface area (Å²) >= 11 is 0. The van der Waals surface area contributed by atoms with Gasteiger partial charge < -0.3 is 4.90 Å². The minimum absolute atomic E-state index is 0.0884. The van der Waals surface area contributed by atoms with E-state index >= 15 is 0 Å². The normalized spacial score (nSPS) is 14.9. The van der Waals surface area contributed by atoms with Crippen LogP contribution in [0.15, 0.2) is 47.4 Å². The second kappa shape index (κ2) is 6.20. The number of nitrogens with one attached hydrogen (secondary N) is 1. The van der Waals surface area contributed by atoms with Crippen LogP contribution in [0.2, 0.25) is 0 Å². The van der Waals surface area contributed by atoms with E-state index in [0.717, 1.165) is 12.1 Å². The van der Waals surface area contributed by atoms with Crippen molar-refractivity contribution in [3.05, 3.63) is 54.1 Å². The Labute approximate surface area is 138 Å². The van der Waals surface area contributed by atoms with Crippen molar-refractivity contribution in [1.29, 1.82) is 0 Å². The second-order valence-corrected chi connectivity index (χ2v) is 7.03. The Morgan fingerprint density at radius 2 is 1.79 bits per heavy atom. The molecule has 0 radical (unpaired) electrons. The Kier molecular flexibility index (Phi) is 4.23. The van der Waals surface area contributed by atoms with Crippen LogP contribution in [0.1, 0.15) is 12.8 Å². The minimum atomic E-state index is -4.12. The summed E-state index contributed by atoms with van der Waals surface area (Å²) in [5.74, 6) is -2.47. The summed E-state index contributed by atoms with van der Waals surface area (Å²) in [7, 11) is -4.12. The smallest absolute Gasteiger partial charge is 0.262 e. The fraction of sp³-hybridized carbons (Fsp3) is 0.188. The van der Waals surface area contributed by atoms with Gasteiger partial charge in [0.1, 0.15) is 0 Å². The molecule has 0 unspecified atom stereocenters. The Morgan fingerprint density at radius 3 is 2.46 bits per heavy atom. The first-order valence-corrected chi connectivity index (χ1v) is 8.74. The van der Waals surface area contributed by atoms with Crippen LogP contribution in [0.5, 0.6) is 0 Å². The molecule has 0 spiro atoms. The zero-order valence-electron chi connectivity index (χ0n) is 12.5. The van der Waals surface area contributed by atoms with Gasteiger partial charge in [0.2, 0.25) is 5.91 Å². The maximum Gasteiger partial charge on any atom is 0.262 e. The van der Waals surface area contributed by atoms with Gasteiger partial charge in [0, 0.05) is 13.0 Å². The van der Waals surface area contributed by atoms with E-state index < -0.39 is 26.6 Å². The van der Waals surface area contributed by atoms with Gasteiger partial charge in [-0.05, 0) is 36.8 Å². The van der Waals surface area contributed by atoms with Gasteiger partial charge in [-0.1, -0.05) is 12.1 Å². The van der Waals surface area contributed by atoms with Gasteiger partial charge in [-0.3, -0.25) is 9.52 Å². The van der Waals surface area contributed by atoms with Crippen molar-refractivity contribution in [3.8, 4) is 0 Å². The van der Waals surface area contributed by atoms with Crippen LogP contribution < -0.4 is 9.62 Å². The molecule has 1 aliphatic rings. The summed E-state index contributed by atoms with van der Waals surface area (Å²) in [6.07, 6.45) is 1.10. The Morgan fingerprint density at radius 1 is 1.04 bits per heavy atom. The van der Waals surface area contributed by atoms with E-state index in [2.05, 4.69) is 4.72 Å². The lowest BCUT2D eigenvalue weighted by Gasteiger charge is -2.20. The summed E-state index contributed by atoms with van der Waals surface area (Å²) in [6, 6.07) is 8.79. The molecule has 5 nitrogen and oxygen atoms in total. The molecule has 2 aromatic carbocycles.